The van der Waals surface area contributed by atoms with Gasteiger partial charge < -0.3 is 19.6 Å². The molecule has 2 aromatic carbocycles. The van der Waals surface area contributed by atoms with Crippen LogP contribution in [0.15, 0.2) is 30.3 Å². The van der Waals surface area contributed by atoms with E-state index in [0.29, 0.717) is 5.52 Å². The van der Waals surface area contributed by atoms with Gasteiger partial charge in [0, 0.05) is 17.5 Å². The number of nitrogens with zero attached hydrogens (tertiary/aromatic N) is 1. The molecule has 138 valence electrons. The number of carboxylic acids is 1. The summed E-state index contributed by atoms with van der Waals surface area (Å²) in [5.41, 5.74) is 3.69. The van der Waals surface area contributed by atoms with Crippen molar-refractivity contribution >= 4 is 17.0 Å². The first kappa shape index (κ1) is 16.2. The van der Waals surface area contributed by atoms with Gasteiger partial charge in [-0.15, -0.1) is 0 Å². The molecule has 1 aromatic heterocycles. The maximum absolute atomic E-state index is 11.2. The molecule has 6 heteroatoms. The van der Waals surface area contributed by atoms with Crippen molar-refractivity contribution in [3.05, 3.63) is 41.5 Å². The summed E-state index contributed by atoms with van der Waals surface area (Å²) in [6.45, 7) is 0. The molecule has 0 bridgehead atoms. The molecule has 2 aliphatic rings. The molecule has 0 atom stereocenters. The quantitative estimate of drug-likeness (QED) is 0.728. The maximum atomic E-state index is 11.2. The molecular formula is C21H20N2O4. The van der Waals surface area contributed by atoms with E-state index in [4.69, 9.17) is 9.47 Å². The summed E-state index contributed by atoms with van der Waals surface area (Å²) in [5, 5.41) is 9.21. The van der Waals surface area contributed by atoms with Gasteiger partial charge in [0.25, 0.3) is 0 Å². The zero-order chi connectivity index (χ0) is 18.6. The molecule has 0 saturated heterocycles. The number of benzene rings is 2. The van der Waals surface area contributed by atoms with Crippen LogP contribution >= 0.6 is 0 Å². The minimum Gasteiger partial charge on any atom is -0.493 e. The first-order valence-corrected chi connectivity index (χ1v) is 9.21. The van der Waals surface area contributed by atoms with Gasteiger partial charge >= 0.3 is 5.97 Å². The first-order valence-electron chi connectivity index (χ1n) is 9.21. The van der Waals surface area contributed by atoms with Gasteiger partial charge in [-0.2, -0.15) is 0 Å². The van der Waals surface area contributed by atoms with Crippen molar-refractivity contribution in [2.24, 2.45) is 0 Å². The molecule has 0 unspecified atom stereocenters. The van der Waals surface area contributed by atoms with Crippen LogP contribution < -0.4 is 9.47 Å². The number of carboxylic acid groups (broad SMARTS) is 1. The third-order valence-electron chi connectivity index (χ3n) is 5.76. The summed E-state index contributed by atoms with van der Waals surface area (Å²) in [5.74, 6) is 1.35. The maximum Gasteiger partial charge on any atom is 0.335 e. The molecular weight excluding hydrogens is 344 g/mol. The van der Waals surface area contributed by atoms with Gasteiger partial charge in [0.1, 0.15) is 11.4 Å². The van der Waals surface area contributed by atoms with Crippen LogP contribution in [0.5, 0.6) is 11.5 Å². The van der Waals surface area contributed by atoms with Crippen LogP contribution in [0, 0.1) is 0 Å². The number of hydrogen-bond donors (Lipinski definition) is 2. The van der Waals surface area contributed by atoms with Crippen molar-refractivity contribution in [1.82, 2.24) is 9.97 Å². The lowest BCUT2D eigenvalue weighted by molar-refractivity contribution is 0.0697. The minimum absolute atomic E-state index is 0.117. The number of imidazole rings is 1. The number of methoxy groups -OCH3 is 1. The highest BCUT2D eigenvalue weighted by Crippen LogP contribution is 2.51. The van der Waals surface area contributed by atoms with Gasteiger partial charge in [0.15, 0.2) is 11.5 Å². The van der Waals surface area contributed by atoms with Crippen molar-refractivity contribution in [2.75, 3.05) is 7.11 Å². The van der Waals surface area contributed by atoms with Gasteiger partial charge in [-0.25, -0.2) is 9.78 Å². The zero-order valence-corrected chi connectivity index (χ0v) is 15.0. The molecule has 1 aliphatic heterocycles. The fourth-order valence-electron chi connectivity index (χ4n) is 4.42. The Labute approximate surface area is 156 Å². The number of aromatic nitrogens is 2. The third-order valence-corrected chi connectivity index (χ3v) is 5.76. The van der Waals surface area contributed by atoms with E-state index < -0.39 is 5.97 Å². The lowest BCUT2D eigenvalue weighted by atomic mass is 9.92. The van der Waals surface area contributed by atoms with Crippen LogP contribution in [0.3, 0.4) is 0 Å². The van der Waals surface area contributed by atoms with Crippen molar-refractivity contribution in [1.29, 1.82) is 0 Å². The second-order valence-electron chi connectivity index (χ2n) is 7.41. The highest BCUT2D eigenvalue weighted by Gasteiger charge is 2.44. The number of rotatable bonds is 3. The summed E-state index contributed by atoms with van der Waals surface area (Å²) >= 11 is 0. The Morgan fingerprint density at radius 3 is 2.81 bits per heavy atom. The second-order valence-corrected chi connectivity index (χ2v) is 7.41. The molecule has 5 rings (SSSR count). The number of nitrogens with one attached hydrogen (secondary N) is 1. The molecule has 1 saturated carbocycles. The van der Waals surface area contributed by atoms with Crippen LogP contribution in [0.2, 0.25) is 0 Å². The summed E-state index contributed by atoms with van der Waals surface area (Å²) in [6, 6.07) is 8.84. The van der Waals surface area contributed by atoms with E-state index in [1.54, 1.807) is 25.3 Å². The van der Waals surface area contributed by atoms with E-state index in [2.05, 4.69) is 9.97 Å². The summed E-state index contributed by atoms with van der Waals surface area (Å²) in [4.78, 5) is 19.2. The Bertz CT molecular complexity index is 1060. The smallest absolute Gasteiger partial charge is 0.335 e. The second kappa shape index (κ2) is 5.74. The molecule has 2 N–H and O–H groups in total. The van der Waals surface area contributed by atoms with Gasteiger partial charge in [-0.3, -0.25) is 0 Å². The van der Waals surface area contributed by atoms with E-state index in [1.165, 1.54) is 12.8 Å². The first-order chi connectivity index (χ1) is 13.1. The Morgan fingerprint density at radius 1 is 1.26 bits per heavy atom. The number of carbonyl (C=O) groups is 1. The highest BCUT2D eigenvalue weighted by molar-refractivity contribution is 5.93. The fraction of sp³-hybridized carbons (Fsp3) is 0.333. The normalized spacial score (nSPS) is 17.2. The molecule has 1 fully saturated rings. The van der Waals surface area contributed by atoms with E-state index in [1.807, 2.05) is 12.1 Å². The number of aromatic amines is 1. The predicted molar refractivity (Wildman–Crippen MR) is 101 cm³/mol. The molecule has 2 heterocycles. The van der Waals surface area contributed by atoms with E-state index in [-0.39, 0.29) is 11.2 Å². The summed E-state index contributed by atoms with van der Waals surface area (Å²) in [7, 11) is 1.66. The number of hydrogen-bond acceptors (Lipinski definition) is 4. The Morgan fingerprint density at radius 2 is 2.07 bits per heavy atom. The van der Waals surface area contributed by atoms with Crippen LogP contribution in [0.1, 0.15) is 41.6 Å². The van der Waals surface area contributed by atoms with Crippen molar-refractivity contribution < 1.29 is 19.4 Å². The van der Waals surface area contributed by atoms with Crippen LogP contribution in [-0.4, -0.2) is 33.8 Å². The van der Waals surface area contributed by atoms with Crippen LogP contribution in [0.25, 0.3) is 22.4 Å². The van der Waals surface area contributed by atoms with Gasteiger partial charge in [0.05, 0.1) is 23.7 Å². The molecule has 0 amide bonds. The average Bonchev–Trinajstić information content (AvgIpc) is 3.38. The lowest BCUT2D eigenvalue weighted by Crippen LogP contribution is -2.30. The van der Waals surface area contributed by atoms with Crippen LogP contribution in [0.4, 0.5) is 0 Å². The molecule has 6 nitrogen and oxygen atoms in total. The topological polar surface area (TPSA) is 84.4 Å². The highest BCUT2D eigenvalue weighted by atomic mass is 16.5. The molecule has 1 spiro atoms. The Kier molecular flexibility index (Phi) is 3.44. The zero-order valence-electron chi connectivity index (χ0n) is 15.0. The summed E-state index contributed by atoms with van der Waals surface area (Å²) in [6.07, 6.45) is 5.35. The number of fused-ring (bicyclic) bond motifs is 2. The number of H-pyrrole nitrogens is 1. The largest absolute Gasteiger partial charge is 0.493 e. The molecule has 1 aliphatic carbocycles. The van der Waals surface area contributed by atoms with Crippen molar-refractivity contribution in [3.8, 4) is 22.9 Å². The van der Waals surface area contributed by atoms with E-state index in [0.717, 1.165) is 53.2 Å². The minimum atomic E-state index is -0.949. The van der Waals surface area contributed by atoms with Gasteiger partial charge in [0.2, 0.25) is 0 Å². The standard InChI is InChI=1S/C21H20N2O4/c1-26-17-7-5-13(14-11-21(27-18(14)17)8-2-3-9-21)19-22-15-6-4-12(20(24)25)10-16(15)23-19/h4-7,10H,2-3,8-9,11H2,1H3,(H,22,23)(H,24,25). The van der Waals surface area contributed by atoms with E-state index >= 15 is 0 Å². The molecule has 27 heavy (non-hydrogen) atoms. The molecule has 3 aromatic rings. The number of ether oxygens (including phenoxy) is 2. The van der Waals surface area contributed by atoms with Gasteiger partial charge in [-0.1, -0.05) is 0 Å². The lowest BCUT2D eigenvalue weighted by Gasteiger charge is -2.22. The summed E-state index contributed by atoms with van der Waals surface area (Å²) < 4.78 is 12.0. The SMILES string of the molecule is COc1ccc(-c2nc3ccc(C(=O)O)cc3[nH]2)c2c1OC1(CCCC1)C2. The Hall–Kier alpha value is -3.02. The predicted octanol–water partition coefficient (Wildman–Crippen LogP) is 4.18. The average molecular weight is 364 g/mol. The monoisotopic (exact) mass is 364 g/mol. The van der Waals surface area contributed by atoms with Gasteiger partial charge in [-0.05, 0) is 56.0 Å². The third kappa shape index (κ3) is 2.47. The van der Waals surface area contributed by atoms with Crippen molar-refractivity contribution in [3.63, 3.8) is 0 Å². The van der Waals surface area contributed by atoms with E-state index in [9.17, 15) is 9.90 Å². The van der Waals surface area contributed by atoms with Crippen molar-refractivity contribution in [2.45, 2.75) is 37.7 Å². The molecule has 0 radical (unpaired) electrons. The number of aromatic carboxylic acids is 1. The fourth-order valence-corrected chi connectivity index (χ4v) is 4.42. The van der Waals surface area contributed by atoms with Crippen LogP contribution in [-0.2, 0) is 6.42 Å². The Balaban J connectivity index is 1.63.